The van der Waals surface area contributed by atoms with E-state index in [0.717, 1.165) is 0 Å². The lowest BCUT2D eigenvalue weighted by molar-refractivity contribution is -0.242. The molecular formula is C13H8Cl2NO3-. The van der Waals surface area contributed by atoms with Gasteiger partial charge in [-0.3, -0.25) is 0 Å². The van der Waals surface area contributed by atoms with Gasteiger partial charge < -0.3 is 20.0 Å². The number of hydrogen-bond donors (Lipinski definition) is 1. The molecule has 19 heavy (non-hydrogen) atoms. The summed E-state index contributed by atoms with van der Waals surface area (Å²) in [5.41, 5.74) is 0.404. The van der Waals surface area contributed by atoms with Crippen LogP contribution in [0.25, 0.3) is 0 Å². The molecule has 0 saturated heterocycles. The molecule has 0 aliphatic rings. The normalized spacial score (nSPS) is 10.0. The zero-order chi connectivity index (χ0) is 13.8. The molecule has 0 bridgehead atoms. The van der Waals surface area contributed by atoms with Crippen LogP contribution in [0.1, 0.15) is 0 Å². The van der Waals surface area contributed by atoms with Gasteiger partial charge in [-0.1, -0.05) is 23.2 Å². The molecule has 98 valence electrons. The number of hydrogen-bond acceptors (Lipinski definition) is 3. The van der Waals surface area contributed by atoms with Crippen molar-refractivity contribution in [1.82, 2.24) is 0 Å². The highest BCUT2D eigenvalue weighted by atomic mass is 35.5. The van der Waals surface area contributed by atoms with Crippen LogP contribution >= 0.6 is 23.2 Å². The second-order valence-corrected chi connectivity index (χ2v) is 4.43. The molecule has 2 rings (SSSR count). The van der Waals surface area contributed by atoms with Crippen LogP contribution in [0.15, 0.2) is 42.5 Å². The first-order valence-corrected chi connectivity index (χ1v) is 6.01. The van der Waals surface area contributed by atoms with Crippen LogP contribution in [-0.2, 0) is 0 Å². The highest BCUT2D eigenvalue weighted by Gasteiger charge is 2.02. The van der Waals surface area contributed by atoms with Crippen molar-refractivity contribution in [2.75, 3.05) is 5.32 Å². The van der Waals surface area contributed by atoms with E-state index in [-0.39, 0.29) is 0 Å². The Morgan fingerprint density at radius 3 is 2.21 bits per heavy atom. The van der Waals surface area contributed by atoms with Crippen molar-refractivity contribution < 1.29 is 14.6 Å². The maximum Gasteiger partial charge on any atom is 0.138 e. The predicted octanol–water partition coefficient (Wildman–Crippen LogP) is 3.54. The lowest BCUT2D eigenvalue weighted by atomic mass is 10.3. The van der Waals surface area contributed by atoms with Crippen LogP contribution in [0.5, 0.6) is 11.5 Å². The maximum absolute atomic E-state index is 10.3. The number of carboxylic acid groups (broad SMARTS) is 1. The highest BCUT2D eigenvalue weighted by Crippen LogP contribution is 2.29. The smallest absolute Gasteiger partial charge is 0.138 e. The Bertz CT molecular complexity index is 599. The van der Waals surface area contributed by atoms with E-state index >= 15 is 0 Å². The first-order chi connectivity index (χ1) is 9.04. The molecule has 0 radical (unpaired) electrons. The molecule has 2 aromatic rings. The van der Waals surface area contributed by atoms with E-state index in [2.05, 4.69) is 5.32 Å². The molecule has 0 unspecified atom stereocenters. The molecule has 0 saturated carbocycles. The molecule has 1 amide bonds. The lowest BCUT2D eigenvalue weighted by Gasteiger charge is -2.09. The van der Waals surface area contributed by atoms with E-state index in [9.17, 15) is 9.90 Å². The number of ether oxygens (including phenoxy) is 1. The average molecular weight is 297 g/mol. The minimum absolute atomic E-state index is 0.398. The van der Waals surface area contributed by atoms with Gasteiger partial charge in [0, 0.05) is 11.8 Å². The molecule has 6 heteroatoms. The number of carbonyl (C=O) groups excluding carboxylic acids is 1. The zero-order valence-corrected chi connectivity index (χ0v) is 11.0. The van der Waals surface area contributed by atoms with Crippen molar-refractivity contribution in [3.05, 3.63) is 52.5 Å². The van der Waals surface area contributed by atoms with Gasteiger partial charge in [0.05, 0.1) is 10.0 Å². The summed E-state index contributed by atoms with van der Waals surface area (Å²) < 4.78 is 5.54. The Labute approximate surface area is 119 Å². The predicted molar refractivity (Wildman–Crippen MR) is 72.0 cm³/mol. The van der Waals surface area contributed by atoms with E-state index in [1.165, 1.54) is 0 Å². The van der Waals surface area contributed by atoms with Crippen LogP contribution in [-0.4, -0.2) is 6.09 Å². The topological polar surface area (TPSA) is 61.4 Å². The van der Waals surface area contributed by atoms with E-state index in [1.54, 1.807) is 42.5 Å². The summed E-state index contributed by atoms with van der Waals surface area (Å²) in [4.78, 5) is 10.3. The van der Waals surface area contributed by atoms with Gasteiger partial charge in [0.15, 0.2) is 0 Å². The SMILES string of the molecule is O=C([O-])Nc1ccc(Oc2ccc(Cl)c(Cl)c2)cc1. The summed E-state index contributed by atoms with van der Waals surface area (Å²) in [6.07, 6.45) is -1.36. The molecule has 4 nitrogen and oxygen atoms in total. The molecule has 0 aliphatic carbocycles. The number of amides is 1. The van der Waals surface area contributed by atoms with E-state index in [4.69, 9.17) is 27.9 Å². The van der Waals surface area contributed by atoms with Crippen molar-refractivity contribution >= 4 is 35.0 Å². The van der Waals surface area contributed by atoms with Gasteiger partial charge in [-0.15, -0.1) is 0 Å². The van der Waals surface area contributed by atoms with E-state index in [1.807, 2.05) is 0 Å². The first-order valence-electron chi connectivity index (χ1n) is 5.25. The maximum atomic E-state index is 10.3. The standard InChI is InChI=1S/C13H9Cl2NO3/c14-11-6-5-10(7-12(11)15)19-9-3-1-8(2-4-9)16-13(17)18/h1-7,16H,(H,17,18)/p-1. The number of nitrogens with one attached hydrogen (secondary N) is 1. The Balaban J connectivity index is 2.10. The summed E-state index contributed by atoms with van der Waals surface area (Å²) in [7, 11) is 0. The van der Waals surface area contributed by atoms with Gasteiger partial charge in [0.2, 0.25) is 0 Å². The van der Waals surface area contributed by atoms with Gasteiger partial charge in [0.25, 0.3) is 0 Å². The average Bonchev–Trinajstić information content (AvgIpc) is 2.36. The second kappa shape index (κ2) is 5.82. The number of anilines is 1. The van der Waals surface area contributed by atoms with Gasteiger partial charge in [-0.25, -0.2) is 0 Å². The van der Waals surface area contributed by atoms with Gasteiger partial charge >= 0.3 is 0 Å². The number of halogens is 2. The summed E-state index contributed by atoms with van der Waals surface area (Å²) >= 11 is 11.7. The number of rotatable bonds is 3. The summed E-state index contributed by atoms with van der Waals surface area (Å²) in [5.74, 6) is 1.08. The minimum atomic E-state index is -1.36. The molecule has 1 N–H and O–H groups in total. The van der Waals surface area contributed by atoms with E-state index in [0.29, 0.717) is 27.2 Å². The molecular weight excluding hydrogens is 289 g/mol. The van der Waals surface area contributed by atoms with Crippen LogP contribution in [0.3, 0.4) is 0 Å². The van der Waals surface area contributed by atoms with E-state index < -0.39 is 6.09 Å². The Kier molecular flexibility index (Phi) is 4.14. The van der Waals surface area contributed by atoms with Crippen molar-refractivity contribution in [1.29, 1.82) is 0 Å². The van der Waals surface area contributed by atoms with Gasteiger partial charge in [0.1, 0.15) is 17.6 Å². The van der Waals surface area contributed by atoms with Crippen LogP contribution in [0.4, 0.5) is 10.5 Å². The third kappa shape index (κ3) is 3.77. The number of benzene rings is 2. The fourth-order valence-corrected chi connectivity index (χ4v) is 1.69. The van der Waals surface area contributed by atoms with Crippen molar-refractivity contribution in [2.24, 2.45) is 0 Å². The molecule has 2 aromatic carbocycles. The Morgan fingerprint density at radius 2 is 1.63 bits per heavy atom. The van der Waals surface area contributed by atoms with Crippen LogP contribution in [0, 0.1) is 0 Å². The fourth-order valence-electron chi connectivity index (χ4n) is 1.40. The Morgan fingerprint density at radius 1 is 1.00 bits per heavy atom. The lowest BCUT2D eigenvalue weighted by Crippen LogP contribution is -2.28. The Hall–Kier alpha value is -1.91. The summed E-state index contributed by atoms with van der Waals surface area (Å²) in [6.45, 7) is 0. The zero-order valence-electron chi connectivity index (χ0n) is 9.52. The second-order valence-electron chi connectivity index (χ2n) is 3.61. The van der Waals surface area contributed by atoms with Crippen molar-refractivity contribution in [3.63, 3.8) is 0 Å². The van der Waals surface area contributed by atoms with Gasteiger partial charge in [-0.2, -0.15) is 0 Å². The fraction of sp³-hybridized carbons (Fsp3) is 0. The van der Waals surface area contributed by atoms with Crippen molar-refractivity contribution in [3.8, 4) is 11.5 Å². The molecule has 0 atom stereocenters. The van der Waals surface area contributed by atoms with Crippen LogP contribution in [0.2, 0.25) is 10.0 Å². The van der Waals surface area contributed by atoms with Crippen molar-refractivity contribution in [2.45, 2.75) is 0 Å². The largest absolute Gasteiger partial charge is 0.530 e. The summed E-state index contributed by atoms with van der Waals surface area (Å²) in [5, 5.41) is 13.3. The molecule has 0 spiro atoms. The summed E-state index contributed by atoms with van der Waals surface area (Å²) in [6, 6.07) is 11.3. The minimum Gasteiger partial charge on any atom is -0.530 e. The third-order valence-corrected chi connectivity index (χ3v) is 2.97. The quantitative estimate of drug-likeness (QED) is 0.942. The monoisotopic (exact) mass is 296 g/mol. The molecule has 0 fully saturated rings. The molecule has 0 aromatic heterocycles. The van der Waals surface area contributed by atoms with Gasteiger partial charge in [-0.05, 0) is 36.4 Å². The first kappa shape index (κ1) is 13.5. The highest BCUT2D eigenvalue weighted by molar-refractivity contribution is 6.42. The third-order valence-electron chi connectivity index (χ3n) is 2.23. The van der Waals surface area contributed by atoms with Crippen LogP contribution < -0.4 is 15.2 Å². The number of carbonyl (C=O) groups is 1. The molecule has 0 aliphatic heterocycles. The molecule has 0 heterocycles.